The molecular weight excluding hydrogens is 394 g/mol. The number of hydrogen-bond donors (Lipinski definition) is 3. The van der Waals surface area contributed by atoms with Crippen LogP contribution < -0.4 is 26.4 Å². The predicted molar refractivity (Wildman–Crippen MR) is 125 cm³/mol. The number of aromatic amines is 1. The fourth-order valence-electron chi connectivity index (χ4n) is 4.17. The molecule has 0 amide bonds. The summed E-state index contributed by atoms with van der Waals surface area (Å²) in [6.45, 7) is 2.84. The van der Waals surface area contributed by atoms with Gasteiger partial charge < -0.3 is 20.2 Å². The number of rotatable bonds is 12. The van der Waals surface area contributed by atoms with Crippen LogP contribution in [-0.2, 0) is 13.6 Å². The van der Waals surface area contributed by atoms with Crippen LogP contribution in [0.2, 0.25) is 0 Å². The van der Waals surface area contributed by atoms with E-state index < -0.39 is 0 Å². The summed E-state index contributed by atoms with van der Waals surface area (Å²) in [6.07, 6.45) is 5.86. The maximum Gasteiger partial charge on any atom is 0.329 e. The van der Waals surface area contributed by atoms with E-state index in [9.17, 15) is 14.7 Å². The van der Waals surface area contributed by atoms with Crippen molar-refractivity contribution in [1.82, 2.24) is 14.9 Å². The standard InChI is InChI=1S/C23H35N5O3/c1-26-17-28(22-20(26)21(30)25-23(31)27(22)2)14-10-5-3-4-9-13-19(29)16-24-15-18-11-7-6-8-12-18/h6-8,11-12,19,24,29H,3-5,9-10,13-17H2,1-2H3,(H,25,30,31). The fourth-order valence-corrected chi connectivity index (χ4v) is 4.17. The van der Waals surface area contributed by atoms with Crippen molar-refractivity contribution in [3.05, 3.63) is 56.7 Å². The Kier molecular flexibility index (Phi) is 8.31. The quantitative estimate of drug-likeness (QED) is 0.446. The number of nitrogens with zero attached hydrogens (tertiary/aromatic N) is 3. The van der Waals surface area contributed by atoms with Crippen LogP contribution in [0.25, 0.3) is 0 Å². The zero-order valence-corrected chi connectivity index (χ0v) is 18.6. The highest BCUT2D eigenvalue weighted by Crippen LogP contribution is 2.29. The Morgan fingerprint density at radius 3 is 2.55 bits per heavy atom. The molecule has 0 spiro atoms. The van der Waals surface area contributed by atoms with E-state index in [2.05, 4.69) is 27.3 Å². The second-order valence-corrected chi connectivity index (χ2v) is 8.42. The zero-order chi connectivity index (χ0) is 22.2. The van der Waals surface area contributed by atoms with Gasteiger partial charge in [0.25, 0.3) is 5.56 Å². The van der Waals surface area contributed by atoms with Gasteiger partial charge in [0.1, 0.15) is 11.5 Å². The lowest BCUT2D eigenvalue weighted by molar-refractivity contribution is 0.157. The molecule has 8 nitrogen and oxygen atoms in total. The number of unbranched alkanes of at least 4 members (excludes halogenated alkanes) is 4. The third-order valence-electron chi connectivity index (χ3n) is 5.85. The molecule has 3 rings (SSSR count). The average Bonchev–Trinajstić information content (AvgIpc) is 3.09. The van der Waals surface area contributed by atoms with Crippen molar-refractivity contribution >= 4 is 11.5 Å². The summed E-state index contributed by atoms with van der Waals surface area (Å²) < 4.78 is 1.52. The third-order valence-corrected chi connectivity index (χ3v) is 5.85. The van der Waals surface area contributed by atoms with E-state index in [-0.39, 0.29) is 17.4 Å². The number of nitrogens with one attached hydrogen (secondary N) is 2. The second kappa shape index (κ2) is 11.2. The molecule has 3 N–H and O–H groups in total. The summed E-state index contributed by atoms with van der Waals surface area (Å²) in [5.41, 5.74) is 1.10. The molecule has 0 fully saturated rings. The number of H-pyrrole nitrogens is 1. The van der Waals surface area contributed by atoms with Crippen LogP contribution in [0.1, 0.15) is 44.1 Å². The molecule has 170 valence electrons. The SMILES string of the molecule is CN1CN(CCCCCCCC(O)CNCc2ccccc2)c2c1c(=O)[nH]c(=O)n2C. The van der Waals surface area contributed by atoms with Gasteiger partial charge in [-0.3, -0.25) is 14.3 Å². The molecule has 1 atom stereocenters. The van der Waals surface area contributed by atoms with Crippen LogP contribution >= 0.6 is 0 Å². The molecule has 31 heavy (non-hydrogen) atoms. The number of aliphatic hydroxyl groups is 1. The summed E-state index contributed by atoms with van der Waals surface area (Å²) in [5, 5.41) is 13.4. The molecule has 0 saturated heterocycles. The molecule has 2 heterocycles. The highest BCUT2D eigenvalue weighted by molar-refractivity contribution is 5.71. The van der Waals surface area contributed by atoms with Crippen molar-refractivity contribution in [2.24, 2.45) is 7.05 Å². The number of anilines is 2. The van der Waals surface area contributed by atoms with Gasteiger partial charge in [0, 0.05) is 33.7 Å². The van der Waals surface area contributed by atoms with Crippen LogP contribution in [0.15, 0.2) is 39.9 Å². The molecule has 1 aliphatic rings. The van der Waals surface area contributed by atoms with Gasteiger partial charge in [-0.25, -0.2) is 4.79 Å². The summed E-state index contributed by atoms with van der Waals surface area (Å²) in [5.74, 6) is 0.711. The molecule has 1 aliphatic heterocycles. The van der Waals surface area contributed by atoms with Gasteiger partial charge in [0.15, 0.2) is 0 Å². The number of aliphatic hydroxyl groups excluding tert-OH is 1. The van der Waals surface area contributed by atoms with Crippen LogP contribution in [-0.4, -0.2) is 47.6 Å². The van der Waals surface area contributed by atoms with Crippen molar-refractivity contribution in [3.63, 3.8) is 0 Å². The van der Waals surface area contributed by atoms with E-state index in [0.717, 1.165) is 51.6 Å². The Bertz CT molecular complexity index is 940. The van der Waals surface area contributed by atoms with Crippen LogP contribution in [0, 0.1) is 0 Å². The summed E-state index contributed by atoms with van der Waals surface area (Å²) in [4.78, 5) is 30.4. The highest BCUT2D eigenvalue weighted by Gasteiger charge is 2.28. The normalized spacial score (nSPS) is 14.2. The van der Waals surface area contributed by atoms with Gasteiger partial charge in [-0.05, 0) is 18.4 Å². The summed E-state index contributed by atoms with van der Waals surface area (Å²) >= 11 is 0. The predicted octanol–water partition coefficient (Wildman–Crippen LogP) is 1.78. The van der Waals surface area contributed by atoms with E-state index >= 15 is 0 Å². The second-order valence-electron chi connectivity index (χ2n) is 8.42. The minimum absolute atomic E-state index is 0.306. The van der Waals surface area contributed by atoms with E-state index in [1.807, 2.05) is 30.1 Å². The number of fused-ring (bicyclic) bond motifs is 1. The maximum atomic E-state index is 12.1. The monoisotopic (exact) mass is 429 g/mol. The molecule has 0 saturated carbocycles. The van der Waals surface area contributed by atoms with Crippen LogP contribution in [0.3, 0.4) is 0 Å². The molecule has 8 heteroatoms. The largest absolute Gasteiger partial charge is 0.392 e. The Labute approximate surface area is 183 Å². The third kappa shape index (κ3) is 6.21. The molecule has 0 radical (unpaired) electrons. The lowest BCUT2D eigenvalue weighted by Crippen LogP contribution is -2.32. The van der Waals surface area contributed by atoms with E-state index in [1.54, 1.807) is 7.05 Å². The van der Waals surface area contributed by atoms with Crippen LogP contribution in [0.4, 0.5) is 11.5 Å². The molecular formula is C23H35N5O3. The topological polar surface area (TPSA) is 93.6 Å². The van der Waals surface area contributed by atoms with Gasteiger partial charge in [0.2, 0.25) is 0 Å². The first-order valence-electron chi connectivity index (χ1n) is 11.2. The number of hydrogen-bond acceptors (Lipinski definition) is 6. The zero-order valence-electron chi connectivity index (χ0n) is 18.6. The van der Waals surface area contributed by atoms with Gasteiger partial charge in [-0.2, -0.15) is 0 Å². The first-order chi connectivity index (χ1) is 15.0. The minimum Gasteiger partial charge on any atom is -0.392 e. The van der Waals surface area contributed by atoms with Crippen LogP contribution in [0.5, 0.6) is 0 Å². The fraction of sp³-hybridized carbons (Fsp3) is 0.565. The van der Waals surface area contributed by atoms with Gasteiger partial charge in [-0.1, -0.05) is 56.0 Å². The maximum absolute atomic E-state index is 12.1. The van der Waals surface area contributed by atoms with Crippen molar-refractivity contribution < 1.29 is 5.11 Å². The first-order valence-corrected chi connectivity index (χ1v) is 11.2. The van der Waals surface area contributed by atoms with Crippen molar-refractivity contribution in [2.45, 2.75) is 51.2 Å². The molecule has 2 aromatic rings. The van der Waals surface area contributed by atoms with E-state index in [1.165, 1.54) is 10.1 Å². The van der Waals surface area contributed by atoms with E-state index in [0.29, 0.717) is 24.7 Å². The minimum atomic E-state index is -0.374. The summed E-state index contributed by atoms with van der Waals surface area (Å²) in [7, 11) is 3.57. The Morgan fingerprint density at radius 2 is 1.77 bits per heavy atom. The van der Waals surface area contributed by atoms with Gasteiger partial charge in [0.05, 0.1) is 12.8 Å². The summed E-state index contributed by atoms with van der Waals surface area (Å²) in [6, 6.07) is 10.2. The number of benzene rings is 1. The lowest BCUT2D eigenvalue weighted by Gasteiger charge is -2.20. The number of aromatic nitrogens is 2. The van der Waals surface area contributed by atoms with Crippen molar-refractivity contribution in [3.8, 4) is 0 Å². The van der Waals surface area contributed by atoms with Crippen molar-refractivity contribution in [1.29, 1.82) is 0 Å². The molecule has 1 unspecified atom stereocenters. The van der Waals surface area contributed by atoms with Gasteiger partial charge in [-0.15, -0.1) is 0 Å². The Hall–Kier alpha value is -2.58. The Balaban J connectivity index is 1.29. The highest BCUT2D eigenvalue weighted by atomic mass is 16.3. The lowest BCUT2D eigenvalue weighted by atomic mass is 10.1. The van der Waals surface area contributed by atoms with Crippen molar-refractivity contribution in [2.75, 3.05) is 36.6 Å². The first kappa shape index (κ1) is 23.1. The average molecular weight is 430 g/mol. The Morgan fingerprint density at radius 1 is 1.06 bits per heavy atom. The van der Waals surface area contributed by atoms with E-state index in [4.69, 9.17) is 0 Å². The molecule has 1 aromatic carbocycles. The smallest absolute Gasteiger partial charge is 0.329 e. The molecule has 1 aromatic heterocycles. The molecule has 0 bridgehead atoms. The van der Waals surface area contributed by atoms with Gasteiger partial charge >= 0.3 is 5.69 Å². The molecule has 0 aliphatic carbocycles.